The van der Waals surface area contributed by atoms with E-state index < -0.39 is 0 Å². The first-order valence-corrected chi connectivity index (χ1v) is 8.90. The van der Waals surface area contributed by atoms with Gasteiger partial charge < -0.3 is 4.90 Å². The van der Waals surface area contributed by atoms with E-state index in [1.807, 2.05) is 47.0 Å². The van der Waals surface area contributed by atoms with Gasteiger partial charge in [-0.1, -0.05) is 41.9 Å². The van der Waals surface area contributed by atoms with Crippen LogP contribution >= 0.6 is 27.7 Å². The molecule has 4 heteroatoms. The van der Waals surface area contributed by atoms with Crippen molar-refractivity contribution < 1.29 is 4.79 Å². The summed E-state index contributed by atoms with van der Waals surface area (Å²) in [6.07, 6.45) is 0. The van der Waals surface area contributed by atoms with Gasteiger partial charge in [0.05, 0.1) is 0 Å². The van der Waals surface area contributed by atoms with Crippen molar-refractivity contribution in [2.45, 2.75) is 24.3 Å². The third-order valence-corrected chi connectivity index (χ3v) is 5.48. The Bertz CT molecular complexity index is 678. The zero-order chi connectivity index (χ0) is 15.0. The lowest BCUT2D eigenvalue weighted by Crippen LogP contribution is -2.44. The van der Waals surface area contributed by atoms with Gasteiger partial charge in [-0.2, -0.15) is 11.8 Å². The molecule has 1 aliphatic rings. The van der Waals surface area contributed by atoms with Crippen molar-refractivity contribution in [3.63, 3.8) is 0 Å². The van der Waals surface area contributed by atoms with Crippen LogP contribution in [-0.4, -0.2) is 34.4 Å². The molecule has 21 heavy (non-hydrogen) atoms. The van der Waals surface area contributed by atoms with Crippen molar-refractivity contribution >= 4 is 44.4 Å². The van der Waals surface area contributed by atoms with E-state index in [1.165, 1.54) is 0 Å². The molecule has 1 saturated heterocycles. The van der Waals surface area contributed by atoms with Gasteiger partial charge in [-0.25, -0.2) is 0 Å². The number of benzene rings is 2. The fraction of sp³-hybridized carbons (Fsp3) is 0.353. The SMILES string of the molecule is CC1CN(C(=O)c2ccc3cc(Br)ccc3c2)CC(C)S1. The van der Waals surface area contributed by atoms with Crippen molar-refractivity contribution in [2.75, 3.05) is 13.1 Å². The van der Waals surface area contributed by atoms with Gasteiger partial charge in [0.15, 0.2) is 0 Å². The summed E-state index contributed by atoms with van der Waals surface area (Å²) in [7, 11) is 0. The number of nitrogens with zero attached hydrogens (tertiary/aromatic N) is 1. The molecule has 2 atom stereocenters. The Balaban J connectivity index is 1.89. The van der Waals surface area contributed by atoms with Crippen LogP contribution in [0.25, 0.3) is 10.8 Å². The van der Waals surface area contributed by atoms with E-state index in [1.54, 1.807) is 0 Å². The van der Waals surface area contributed by atoms with Crippen molar-refractivity contribution in [3.05, 3.63) is 46.4 Å². The zero-order valence-electron chi connectivity index (χ0n) is 12.2. The molecule has 1 fully saturated rings. The first-order chi connectivity index (χ1) is 10.0. The molecule has 1 aliphatic heterocycles. The monoisotopic (exact) mass is 363 g/mol. The Morgan fingerprint density at radius 1 is 1.10 bits per heavy atom. The van der Waals surface area contributed by atoms with Crippen LogP contribution in [0.15, 0.2) is 40.9 Å². The molecule has 0 saturated carbocycles. The van der Waals surface area contributed by atoms with E-state index in [0.29, 0.717) is 10.5 Å². The lowest BCUT2D eigenvalue weighted by molar-refractivity contribution is 0.0753. The number of amides is 1. The second kappa shape index (κ2) is 6.01. The molecule has 0 radical (unpaired) electrons. The lowest BCUT2D eigenvalue weighted by atomic mass is 10.1. The summed E-state index contributed by atoms with van der Waals surface area (Å²) in [6, 6.07) is 12.1. The summed E-state index contributed by atoms with van der Waals surface area (Å²) < 4.78 is 1.06. The fourth-order valence-electron chi connectivity index (χ4n) is 2.88. The highest BCUT2D eigenvalue weighted by Crippen LogP contribution is 2.27. The van der Waals surface area contributed by atoms with Gasteiger partial charge >= 0.3 is 0 Å². The molecule has 2 aromatic rings. The van der Waals surface area contributed by atoms with Crippen LogP contribution in [0.2, 0.25) is 0 Å². The second-order valence-electron chi connectivity index (χ2n) is 5.67. The van der Waals surface area contributed by atoms with Gasteiger partial charge in [0, 0.05) is 33.6 Å². The molecule has 0 N–H and O–H groups in total. The third-order valence-electron chi connectivity index (χ3n) is 3.76. The number of fused-ring (bicyclic) bond motifs is 1. The highest BCUT2D eigenvalue weighted by atomic mass is 79.9. The predicted molar refractivity (Wildman–Crippen MR) is 94.1 cm³/mol. The first kappa shape index (κ1) is 14.9. The maximum absolute atomic E-state index is 12.7. The van der Waals surface area contributed by atoms with Crippen LogP contribution in [0, 0.1) is 0 Å². The van der Waals surface area contributed by atoms with Gasteiger partial charge in [0.1, 0.15) is 0 Å². The predicted octanol–water partition coefficient (Wildman–Crippen LogP) is 4.57. The van der Waals surface area contributed by atoms with Crippen LogP contribution in [0.4, 0.5) is 0 Å². The van der Waals surface area contributed by atoms with Crippen LogP contribution in [0.5, 0.6) is 0 Å². The normalized spacial score (nSPS) is 22.5. The molecule has 3 rings (SSSR count). The first-order valence-electron chi connectivity index (χ1n) is 7.17. The molecular formula is C17H18BrNOS. The molecule has 0 spiro atoms. The van der Waals surface area contributed by atoms with E-state index in [9.17, 15) is 4.79 Å². The van der Waals surface area contributed by atoms with E-state index in [-0.39, 0.29) is 5.91 Å². The summed E-state index contributed by atoms with van der Waals surface area (Å²) in [5.41, 5.74) is 0.788. The maximum atomic E-state index is 12.7. The molecule has 110 valence electrons. The molecule has 0 aliphatic carbocycles. The van der Waals surface area contributed by atoms with Crippen LogP contribution in [0.3, 0.4) is 0 Å². The van der Waals surface area contributed by atoms with Gasteiger partial charge in [0.25, 0.3) is 5.91 Å². The molecule has 2 nitrogen and oxygen atoms in total. The molecule has 0 bridgehead atoms. The van der Waals surface area contributed by atoms with E-state index in [4.69, 9.17) is 0 Å². The summed E-state index contributed by atoms with van der Waals surface area (Å²) in [6.45, 7) is 6.06. The number of hydrogen-bond acceptors (Lipinski definition) is 2. The topological polar surface area (TPSA) is 20.3 Å². The standard InChI is InChI=1S/C17H18BrNOS/c1-11-9-19(10-12(2)21-11)17(20)15-4-3-14-8-16(18)6-5-13(14)7-15/h3-8,11-12H,9-10H2,1-2H3. The van der Waals surface area contributed by atoms with Crippen molar-refractivity contribution in [2.24, 2.45) is 0 Å². The highest BCUT2D eigenvalue weighted by molar-refractivity contribution is 9.10. The minimum Gasteiger partial charge on any atom is -0.336 e. The molecule has 1 heterocycles. The molecular weight excluding hydrogens is 346 g/mol. The Kier molecular flexibility index (Phi) is 4.27. The molecule has 2 aromatic carbocycles. The quantitative estimate of drug-likeness (QED) is 0.739. The summed E-state index contributed by atoms with van der Waals surface area (Å²) in [5, 5.41) is 3.27. The average Bonchev–Trinajstić information content (AvgIpc) is 2.45. The molecule has 2 unspecified atom stereocenters. The maximum Gasteiger partial charge on any atom is 0.253 e. The number of halogens is 1. The summed E-state index contributed by atoms with van der Waals surface area (Å²) >= 11 is 5.44. The zero-order valence-corrected chi connectivity index (χ0v) is 14.6. The lowest BCUT2D eigenvalue weighted by Gasteiger charge is -2.34. The Morgan fingerprint density at radius 3 is 2.43 bits per heavy atom. The minimum absolute atomic E-state index is 0.152. The Labute approximate surface area is 138 Å². The average molecular weight is 364 g/mol. The molecule has 1 amide bonds. The Morgan fingerprint density at radius 2 is 1.71 bits per heavy atom. The van der Waals surface area contributed by atoms with E-state index in [2.05, 4.69) is 35.8 Å². The summed E-state index contributed by atoms with van der Waals surface area (Å²) in [5.74, 6) is 0.152. The van der Waals surface area contributed by atoms with Gasteiger partial charge in [0.2, 0.25) is 0 Å². The number of thioether (sulfide) groups is 1. The van der Waals surface area contributed by atoms with E-state index >= 15 is 0 Å². The van der Waals surface area contributed by atoms with Crippen molar-refractivity contribution in [3.8, 4) is 0 Å². The van der Waals surface area contributed by atoms with Crippen LogP contribution < -0.4 is 0 Å². The van der Waals surface area contributed by atoms with Gasteiger partial charge in [-0.15, -0.1) is 0 Å². The number of rotatable bonds is 1. The van der Waals surface area contributed by atoms with Gasteiger partial charge in [-0.05, 0) is 35.0 Å². The number of hydrogen-bond donors (Lipinski definition) is 0. The van der Waals surface area contributed by atoms with Crippen LogP contribution in [-0.2, 0) is 0 Å². The van der Waals surface area contributed by atoms with E-state index in [0.717, 1.165) is 33.9 Å². The largest absolute Gasteiger partial charge is 0.336 e. The van der Waals surface area contributed by atoms with Crippen molar-refractivity contribution in [1.82, 2.24) is 4.90 Å². The van der Waals surface area contributed by atoms with Crippen LogP contribution in [0.1, 0.15) is 24.2 Å². The summed E-state index contributed by atoms with van der Waals surface area (Å²) in [4.78, 5) is 14.7. The fourth-order valence-corrected chi connectivity index (χ4v) is 4.58. The smallest absolute Gasteiger partial charge is 0.253 e. The van der Waals surface area contributed by atoms with Gasteiger partial charge in [-0.3, -0.25) is 4.79 Å². The number of carbonyl (C=O) groups is 1. The number of carbonyl (C=O) groups excluding carboxylic acids is 1. The highest BCUT2D eigenvalue weighted by Gasteiger charge is 2.26. The third kappa shape index (κ3) is 3.27. The van der Waals surface area contributed by atoms with Crippen molar-refractivity contribution in [1.29, 1.82) is 0 Å². The second-order valence-corrected chi connectivity index (χ2v) is 8.47. The molecule has 0 aromatic heterocycles. The Hall–Kier alpha value is -1.00. The minimum atomic E-state index is 0.152.